The van der Waals surface area contributed by atoms with Gasteiger partial charge in [0, 0.05) is 37.3 Å². The van der Waals surface area contributed by atoms with Crippen LogP contribution in [0.5, 0.6) is 0 Å². The van der Waals surface area contributed by atoms with Gasteiger partial charge in [-0.1, -0.05) is 24.3 Å². The number of hydrogen-bond acceptors (Lipinski definition) is 4. The quantitative estimate of drug-likeness (QED) is 0.656. The Kier molecular flexibility index (Phi) is 4.44. The van der Waals surface area contributed by atoms with Crippen LogP contribution in [0.25, 0.3) is 11.0 Å². The Hall–Kier alpha value is -3.08. The molecule has 3 aromatic rings. The molecule has 1 amide bonds. The molecule has 1 aromatic heterocycles. The number of amides is 1. The zero-order valence-corrected chi connectivity index (χ0v) is 15.6. The van der Waals surface area contributed by atoms with E-state index in [2.05, 4.69) is 36.9 Å². The molecule has 2 aromatic carbocycles. The third-order valence-electron chi connectivity index (χ3n) is 5.01. The predicted octanol–water partition coefficient (Wildman–Crippen LogP) is 3.37. The molecule has 0 spiro atoms. The first-order valence-corrected chi connectivity index (χ1v) is 9.17. The van der Waals surface area contributed by atoms with Crippen molar-refractivity contribution in [3.05, 3.63) is 75.6 Å². The van der Waals surface area contributed by atoms with E-state index in [9.17, 15) is 9.59 Å². The molecule has 0 unspecified atom stereocenters. The van der Waals surface area contributed by atoms with E-state index in [1.54, 1.807) is 23.1 Å². The standard InChI is InChI=1S/C22H22N2O3/c1-15-11-16(2)13-18(12-15)23-7-9-24(10-8-23)21(25)19-14-17-5-3-4-6-20(17)27-22(19)26/h3-6,11-14H,7-10H2,1-2H3. The molecule has 5 nitrogen and oxygen atoms in total. The summed E-state index contributed by atoms with van der Waals surface area (Å²) >= 11 is 0. The number of benzene rings is 2. The minimum atomic E-state index is -0.574. The van der Waals surface area contributed by atoms with E-state index in [4.69, 9.17) is 4.42 Å². The third-order valence-corrected chi connectivity index (χ3v) is 5.01. The van der Waals surface area contributed by atoms with Crippen molar-refractivity contribution in [1.29, 1.82) is 0 Å². The van der Waals surface area contributed by atoms with Crippen LogP contribution in [0.1, 0.15) is 21.5 Å². The number of carbonyl (C=O) groups is 1. The Morgan fingerprint density at radius 3 is 2.30 bits per heavy atom. The predicted molar refractivity (Wildman–Crippen MR) is 107 cm³/mol. The second kappa shape index (κ2) is 6.91. The smallest absolute Gasteiger partial charge is 0.349 e. The summed E-state index contributed by atoms with van der Waals surface area (Å²) in [6, 6.07) is 15.4. The number of para-hydroxylation sites is 1. The summed E-state index contributed by atoms with van der Waals surface area (Å²) in [5.74, 6) is -0.255. The van der Waals surface area contributed by atoms with Crippen molar-refractivity contribution in [2.75, 3.05) is 31.1 Å². The summed E-state index contributed by atoms with van der Waals surface area (Å²) in [5.41, 5.74) is 3.68. The van der Waals surface area contributed by atoms with Crippen molar-refractivity contribution in [3.8, 4) is 0 Å². The molecular weight excluding hydrogens is 340 g/mol. The van der Waals surface area contributed by atoms with Gasteiger partial charge >= 0.3 is 5.63 Å². The maximum Gasteiger partial charge on any atom is 0.349 e. The number of carbonyl (C=O) groups excluding carboxylic acids is 1. The molecule has 1 saturated heterocycles. The summed E-state index contributed by atoms with van der Waals surface area (Å²) < 4.78 is 5.31. The fraction of sp³-hybridized carbons (Fsp3) is 0.273. The SMILES string of the molecule is Cc1cc(C)cc(N2CCN(C(=O)c3cc4ccccc4oc3=O)CC2)c1. The Bertz CT molecular complexity index is 1040. The highest BCUT2D eigenvalue weighted by molar-refractivity contribution is 5.96. The monoisotopic (exact) mass is 362 g/mol. The lowest BCUT2D eigenvalue weighted by Crippen LogP contribution is -2.49. The summed E-state index contributed by atoms with van der Waals surface area (Å²) in [6.45, 7) is 6.84. The van der Waals surface area contributed by atoms with Crippen molar-refractivity contribution >= 4 is 22.6 Å². The summed E-state index contributed by atoms with van der Waals surface area (Å²) in [4.78, 5) is 29.1. The largest absolute Gasteiger partial charge is 0.422 e. The molecule has 1 aliphatic rings. The van der Waals surface area contributed by atoms with Crippen molar-refractivity contribution in [1.82, 2.24) is 4.90 Å². The van der Waals surface area contributed by atoms with Gasteiger partial charge in [-0.2, -0.15) is 0 Å². The number of aryl methyl sites for hydroxylation is 2. The molecule has 0 saturated carbocycles. The van der Waals surface area contributed by atoms with E-state index in [1.807, 2.05) is 12.1 Å². The zero-order valence-electron chi connectivity index (χ0n) is 15.6. The highest BCUT2D eigenvalue weighted by atomic mass is 16.4. The van der Waals surface area contributed by atoms with Crippen molar-refractivity contribution in [2.24, 2.45) is 0 Å². The lowest BCUT2D eigenvalue weighted by Gasteiger charge is -2.36. The Morgan fingerprint density at radius 1 is 0.926 bits per heavy atom. The molecule has 2 heterocycles. The van der Waals surface area contributed by atoms with Gasteiger partial charge in [0.05, 0.1) is 0 Å². The van der Waals surface area contributed by atoms with Crippen molar-refractivity contribution in [3.63, 3.8) is 0 Å². The van der Waals surface area contributed by atoms with Crippen LogP contribution in [-0.4, -0.2) is 37.0 Å². The molecule has 4 rings (SSSR count). The molecule has 5 heteroatoms. The number of fused-ring (bicyclic) bond motifs is 1. The molecule has 0 radical (unpaired) electrons. The van der Waals surface area contributed by atoms with Crippen LogP contribution in [-0.2, 0) is 0 Å². The van der Waals surface area contributed by atoms with Crippen LogP contribution in [0.2, 0.25) is 0 Å². The van der Waals surface area contributed by atoms with Crippen LogP contribution < -0.4 is 10.5 Å². The molecule has 0 atom stereocenters. The average molecular weight is 362 g/mol. The molecular formula is C22H22N2O3. The van der Waals surface area contributed by atoms with E-state index in [-0.39, 0.29) is 11.5 Å². The summed E-state index contributed by atoms with van der Waals surface area (Å²) in [5, 5.41) is 0.759. The van der Waals surface area contributed by atoms with Crippen LogP contribution in [0.4, 0.5) is 5.69 Å². The van der Waals surface area contributed by atoms with Crippen molar-refractivity contribution in [2.45, 2.75) is 13.8 Å². The van der Waals surface area contributed by atoms with Gasteiger partial charge in [-0.15, -0.1) is 0 Å². The summed E-state index contributed by atoms with van der Waals surface area (Å²) in [6.07, 6.45) is 0. The third kappa shape index (κ3) is 3.45. The maximum atomic E-state index is 12.9. The summed E-state index contributed by atoms with van der Waals surface area (Å²) in [7, 11) is 0. The Balaban J connectivity index is 1.52. The molecule has 0 bridgehead atoms. The fourth-order valence-corrected chi connectivity index (χ4v) is 3.68. The second-order valence-corrected chi connectivity index (χ2v) is 7.11. The Morgan fingerprint density at radius 2 is 1.59 bits per heavy atom. The normalized spacial score (nSPS) is 14.6. The van der Waals surface area contributed by atoms with E-state index in [0.29, 0.717) is 18.7 Å². The number of piperazine rings is 1. The number of anilines is 1. The molecule has 1 aliphatic heterocycles. The first kappa shape index (κ1) is 17.3. The van der Waals surface area contributed by atoms with Gasteiger partial charge in [-0.3, -0.25) is 4.79 Å². The Labute approximate surface area is 157 Å². The van der Waals surface area contributed by atoms with Gasteiger partial charge < -0.3 is 14.2 Å². The van der Waals surface area contributed by atoms with E-state index in [1.165, 1.54) is 16.8 Å². The number of hydrogen-bond donors (Lipinski definition) is 0. The van der Waals surface area contributed by atoms with Gasteiger partial charge in [0.2, 0.25) is 0 Å². The molecule has 0 aliphatic carbocycles. The highest BCUT2D eigenvalue weighted by Crippen LogP contribution is 2.21. The average Bonchev–Trinajstić information content (AvgIpc) is 2.66. The first-order valence-electron chi connectivity index (χ1n) is 9.17. The van der Waals surface area contributed by atoms with Gasteiger partial charge in [0.15, 0.2) is 0 Å². The van der Waals surface area contributed by atoms with E-state index in [0.717, 1.165) is 18.5 Å². The van der Waals surface area contributed by atoms with Crippen LogP contribution >= 0.6 is 0 Å². The lowest BCUT2D eigenvalue weighted by atomic mass is 10.1. The minimum absolute atomic E-state index is 0.105. The maximum absolute atomic E-state index is 12.9. The molecule has 0 N–H and O–H groups in total. The van der Waals surface area contributed by atoms with E-state index < -0.39 is 5.63 Å². The number of rotatable bonds is 2. The first-order chi connectivity index (χ1) is 13.0. The zero-order chi connectivity index (χ0) is 19.0. The molecule has 1 fully saturated rings. The lowest BCUT2D eigenvalue weighted by molar-refractivity contribution is 0.0742. The topological polar surface area (TPSA) is 53.8 Å². The van der Waals surface area contributed by atoms with Crippen LogP contribution in [0.15, 0.2) is 57.7 Å². The van der Waals surface area contributed by atoms with Crippen LogP contribution in [0, 0.1) is 13.8 Å². The van der Waals surface area contributed by atoms with Crippen LogP contribution in [0.3, 0.4) is 0 Å². The molecule has 138 valence electrons. The molecule has 27 heavy (non-hydrogen) atoms. The minimum Gasteiger partial charge on any atom is -0.422 e. The van der Waals surface area contributed by atoms with E-state index >= 15 is 0 Å². The van der Waals surface area contributed by atoms with Gasteiger partial charge in [-0.25, -0.2) is 4.79 Å². The fourth-order valence-electron chi connectivity index (χ4n) is 3.68. The highest BCUT2D eigenvalue weighted by Gasteiger charge is 2.25. The van der Waals surface area contributed by atoms with Gasteiger partial charge in [0.1, 0.15) is 11.1 Å². The van der Waals surface area contributed by atoms with Gasteiger partial charge in [0.25, 0.3) is 5.91 Å². The number of nitrogens with zero attached hydrogens (tertiary/aromatic N) is 2. The second-order valence-electron chi connectivity index (χ2n) is 7.11. The van der Waals surface area contributed by atoms with Gasteiger partial charge in [-0.05, 0) is 49.2 Å². The van der Waals surface area contributed by atoms with Crippen molar-refractivity contribution < 1.29 is 9.21 Å².